The number of benzene rings is 1. The zero-order valence-corrected chi connectivity index (χ0v) is 14.6. The van der Waals surface area contributed by atoms with Crippen LogP contribution in [0.2, 0.25) is 5.02 Å². The second kappa shape index (κ2) is 7.32. The number of primary amides is 1. The standard InChI is InChI=1S/C17H24ClN3O2/c1-10-8-11(2)15(14(18)9-10)20-17(23)12(3)21-6-4-13(5-7-21)16(19)22/h8-9,12-13H,4-7H2,1-3H3,(H2,19,22)(H,20,23). The summed E-state index contributed by atoms with van der Waals surface area (Å²) in [7, 11) is 0. The summed E-state index contributed by atoms with van der Waals surface area (Å²) in [6, 6.07) is 3.55. The van der Waals surface area contributed by atoms with Gasteiger partial charge in [0.25, 0.3) is 0 Å². The molecule has 0 spiro atoms. The molecule has 5 nitrogen and oxygen atoms in total. The molecule has 1 heterocycles. The van der Waals surface area contributed by atoms with Crippen molar-refractivity contribution in [2.45, 2.75) is 39.7 Å². The van der Waals surface area contributed by atoms with E-state index in [2.05, 4.69) is 10.2 Å². The van der Waals surface area contributed by atoms with Gasteiger partial charge in [0.1, 0.15) is 0 Å². The Morgan fingerprint density at radius 2 is 1.91 bits per heavy atom. The summed E-state index contributed by atoms with van der Waals surface area (Å²) in [6.45, 7) is 7.16. The lowest BCUT2D eigenvalue weighted by Gasteiger charge is -2.34. The maximum absolute atomic E-state index is 12.5. The molecule has 1 aromatic carbocycles. The molecule has 1 unspecified atom stereocenters. The van der Waals surface area contributed by atoms with Crippen LogP contribution in [0.25, 0.3) is 0 Å². The zero-order chi connectivity index (χ0) is 17.1. The monoisotopic (exact) mass is 337 g/mol. The van der Waals surface area contributed by atoms with E-state index in [1.165, 1.54) is 0 Å². The third-order valence-electron chi connectivity index (χ3n) is 4.54. The van der Waals surface area contributed by atoms with Crippen molar-refractivity contribution in [1.82, 2.24) is 4.90 Å². The summed E-state index contributed by atoms with van der Waals surface area (Å²) in [5.41, 5.74) is 8.02. The number of likely N-dealkylation sites (tertiary alicyclic amines) is 1. The summed E-state index contributed by atoms with van der Waals surface area (Å²) < 4.78 is 0. The van der Waals surface area contributed by atoms with Crippen LogP contribution in [0.4, 0.5) is 5.69 Å². The first-order valence-electron chi connectivity index (χ1n) is 7.90. The van der Waals surface area contributed by atoms with Gasteiger partial charge < -0.3 is 11.1 Å². The summed E-state index contributed by atoms with van der Waals surface area (Å²) in [5.74, 6) is -0.407. The van der Waals surface area contributed by atoms with Crippen molar-refractivity contribution >= 4 is 29.1 Å². The molecular weight excluding hydrogens is 314 g/mol. The van der Waals surface area contributed by atoms with E-state index in [1.807, 2.05) is 32.9 Å². The maximum Gasteiger partial charge on any atom is 0.241 e. The predicted molar refractivity (Wildman–Crippen MR) is 92.5 cm³/mol. The molecule has 0 bridgehead atoms. The molecule has 0 saturated carbocycles. The first-order valence-corrected chi connectivity index (χ1v) is 8.28. The van der Waals surface area contributed by atoms with Gasteiger partial charge in [-0.3, -0.25) is 14.5 Å². The zero-order valence-electron chi connectivity index (χ0n) is 13.9. The highest BCUT2D eigenvalue weighted by Gasteiger charge is 2.29. The molecule has 0 radical (unpaired) electrons. The van der Waals surface area contributed by atoms with Crippen LogP contribution in [0.5, 0.6) is 0 Å². The van der Waals surface area contributed by atoms with E-state index >= 15 is 0 Å². The van der Waals surface area contributed by atoms with E-state index in [-0.39, 0.29) is 23.8 Å². The van der Waals surface area contributed by atoms with Gasteiger partial charge in [0.05, 0.1) is 16.8 Å². The molecule has 1 aliphatic heterocycles. The fourth-order valence-corrected chi connectivity index (χ4v) is 3.41. The first-order chi connectivity index (χ1) is 10.8. The van der Waals surface area contributed by atoms with Crippen LogP contribution in [-0.4, -0.2) is 35.8 Å². The minimum Gasteiger partial charge on any atom is -0.369 e. The Balaban J connectivity index is 2.00. The fourth-order valence-electron chi connectivity index (χ4n) is 3.04. The van der Waals surface area contributed by atoms with Gasteiger partial charge in [0.2, 0.25) is 11.8 Å². The summed E-state index contributed by atoms with van der Waals surface area (Å²) >= 11 is 6.24. The second-order valence-corrected chi connectivity index (χ2v) is 6.72. The minimum absolute atomic E-state index is 0.0738. The lowest BCUT2D eigenvalue weighted by atomic mass is 9.95. The van der Waals surface area contributed by atoms with Crippen LogP contribution >= 0.6 is 11.6 Å². The highest BCUT2D eigenvalue weighted by atomic mass is 35.5. The van der Waals surface area contributed by atoms with Crippen molar-refractivity contribution in [2.24, 2.45) is 11.7 Å². The number of nitrogens with zero attached hydrogens (tertiary/aromatic N) is 1. The fraction of sp³-hybridized carbons (Fsp3) is 0.529. The topological polar surface area (TPSA) is 75.4 Å². The number of hydrogen-bond donors (Lipinski definition) is 2. The Labute approximate surface area is 142 Å². The number of carbonyl (C=O) groups is 2. The molecule has 23 heavy (non-hydrogen) atoms. The number of carbonyl (C=O) groups excluding carboxylic acids is 2. The van der Waals surface area contributed by atoms with Crippen LogP contribution < -0.4 is 11.1 Å². The number of amides is 2. The molecule has 126 valence electrons. The third kappa shape index (κ3) is 4.24. The number of aryl methyl sites for hydroxylation is 2. The van der Waals surface area contributed by atoms with Crippen LogP contribution in [0.15, 0.2) is 12.1 Å². The van der Waals surface area contributed by atoms with E-state index in [0.717, 1.165) is 11.1 Å². The van der Waals surface area contributed by atoms with Crippen molar-refractivity contribution in [2.75, 3.05) is 18.4 Å². The van der Waals surface area contributed by atoms with E-state index in [9.17, 15) is 9.59 Å². The van der Waals surface area contributed by atoms with Crippen molar-refractivity contribution < 1.29 is 9.59 Å². The molecule has 6 heteroatoms. The van der Waals surface area contributed by atoms with Gasteiger partial charge in [-0.15, -0.1) is 0 Å². The average Bonchev–Trinajstić information content (AvgIpc) is 2.50. The number of piperidine rings is 1. The van der Waals surface area contributed by atoms with Crippen LogP contribution in [0, 0.1) is 19.8 Å². The quantitative estimate of drug-likeness (QED) is 0.886. The van der Waals surface area contributed by atoms with Gasteiger partial charge in [-0.1, -0.05) is 17.7 Å². The molecule has 2 amide bonds. The maximum atomic E-state index is 12.5. The molecule has 1 fully saturated rings. The second-order valence-electron chi connectivity index (χ2n) is 6.32. The van der Waals surface area contributed by atoms with Gasteiger partial charge in [-0.25, -0.2) is 0 Å². The molecule has 0 aliphatic carbocycles. The first kappa shape index (κ1) is 17.8. The molecular formula is C17H24ClN3O2. The largest absolute Gasteiger partial charge is 0.369 e. The summed E-state index contributed by atoms with van der Waals surface area (Å²) in [4.78, 5) is 25.8. The highest BCUT2D eigenvalue weighted by molar-refractivity contribution is 6.34. The molecule has 1 aliphatic rings. The number of anilines is 1. The third-order valence-corrected chi connectivity index (χ3v) is 4.84. The van der Waals surface area contributed by atoms with Crippen molar-refractivity contribution in [3.05, 3.63) is 28.3 Å². The molecule has 3 N–H and O–H groups in total. The highest BCUT2D eigenvalue weighted by Crippen LogP contribution is 2.28. The Morgan fingerprint density at radius 3 is 2.43 bits per heavy atom. The van der Waals surface area contributed by atoms with Crippen LogP contribution in [0.1, 0.15) is 30.9 Å². The number of halogens is 1. The van der Waals surface area contributed by atoms with Crippen molar-refractivity contribution in [3.8, 4) is 0 Å². The van der Waals surface area contributed by atoms with Gasteiger partial charge in [-0.2, -0.15) is 0 Å². The SMILES string of the molecule is Cc1cc(C)c(NC(=O)C(C)N2CCC(C(N)=O)CC2)c(Cl)c1. The summed E-state index contributed by atoms with van der Waals surface area (Å²) in [6.07, 6.45) is 1.41. The molecule has 2 rings (SSSR count). The van der Waals surface area contributed by atoms with Gasteiger partial charge >= 0.3 is 0 Å². The molecule has 1 saturated heterocycles. The van der Waals surface area contributed by atoms with E-state index < -0.39 is 0 Å². The van der Waals surface area contributed by atoms with E-state index in [4.69, 9.17) is 17.3 Å². The lowest BCUT2D eigenvalue weighted by molar-refractivity contribution is -0.124. The van der Waals surface area contributed by atoms with Crippen LogP contribution in [0.3, 0.4) is 0 Å². The predicted octanol–water partition coefficient (Wildman–Crippen LogP) is 2.48. The summed E-state index contributed by atoms with van der Waals surface area (Å²) in [5, 5.41) is 3.48. The Morgan fingerprint density at radius 1 is 1.30 bits per heavy atom. The van der Waals surface area contributed by atoms with Crippen molar-refractivity contribution in [3.63, 3.8) is 0 Å². The van der Waals surface area contributed by atoms with Gasteiger partial charge in [0.15, 0.2) is 0 Å². The normalized spacial score (nSPS) is 17.7. The van der Waals surface area contributed by atoms with E-state index in [1.54, 1.807) is 0 Å². The Kier molecular flexibility index (Phi) is 5.65. The average molecular weight is 338 g/mol. The molecule has 0 aromatic heterocycles. The number of rotatable bonds is 4. The van der Waals surface area contributed by atoms with Crippen molar-refractivity contribution in [1.29, 1.82) is 0 Å². The smallest absolute Gasteiger partial charge is 0.241 e. The van der Waals surface area contributed by atoms with E-state index in [0.29, 0.717) is 36.6 Å². The number of hydrogen-bond acceptors (Lipinski definition) is 3. The Bertz CT molecular complexity index is 587. The molecule has 1 aromatic rings. The van der Waals surface area contributed by atoms with Gasteiger partial charge in [0, 0.05) is 5.92 Å². The Hall–Kier alpha value is -1.59. The van der Waals surface area contributed by atoms with Crippen LogP contribution in [-0.2, 0) is 9.59 Å². The number of nitrogens with two attached hydrogens (primary N) is 1. The number of nitrogens with one attached hydrogen (secondary N) is 1. The lowest BCUT2D eigenvalue weighted by Crippen LogP contribution is -2.47. The minimum atomic E-state index is -0.277. The molecule has 1 atom stereocenters. The van der Waals surface area contributed by atoms with Gasteiger partial charge in [-0.05, 0) is 63.9 Å².